The summed E-state index contributed by atoms with van der Waals surface area (Å²) in [6.07, 6.45) is 6.20. The molecule has 0 atom stereocenters. The summed E-state index contributed by atoms with van der Waals surface area (Å²) in [6, 6.07) is 17.6. The number of aromatic nitrogens is 1. The number of carbonyl (C=O) groups is 1. The summed E-state index contributed by atoms with van der Waals surface area (Å²) in [6.45, 7) is 2.57. The highest BCUT2D eigenvalue weighted by Crippen LogP contribution is 2.30. The van der Waals surface area contributed by atoms with Gasteiger partial charge in [0.1, 0.15) is 12.4 Å². The van der Waals surface area contributed by atoms with Crippen molar-refractivity contribution in [1.29, 1.82) is 0 Å². The van der Waals surface area contributed by atoms with Gasteiger partial charge in [0, 0.05) is 30.0 Å². The average molecular weight is 341 g/mol. The first-order valence-electron chi connectivity index (χ1n) is 8.66. The first kappa shape index (κ1) is 16.3. The maximum atomic E-state index is 12.6. The van der Waals surface area contributed by atoms with E-state index in [0.717, 1.165) is 33.6 Å². The van der Waals surface area contributed by atoms with Gasteiger partial charge in [-0.15, -0.1) is 0 Å². The summed E-state index contributed by atoms with van der Waals surface area (Å²) in [5.74, 6) is 0.947. The van der Waals surface area contributed by atoms with Crippen molar-refractivity contribution < 1.29 is 9.53 Å². The van der Waals surface area contributed by atoms with Crippen molar-refractivity contribution in [1.82, 2.24) is 4.98 Å². The van der Waals surface area contributed by atoms with Crippen LogP contribution in [0.5, 0.6) is 5.75 Å². The second-order valence-corrected chi connectivity index (χ2v) is 6.49. The molecule has 3 aromatic rings. The van der Waals surface area contributed by atoms with Crippen molar-refractivity contribution in [2.45, 2.75) is 20.0 Å². The smallest absolute Gasteiger partial charge is 0.189 e. The Morgan fingerprint density at radius 1 is 1.04 bits per heavy atom. The lowest BCUT2D eigenvalue weighted by Gasteiger charge is -2.06. The number of ketones is 1. The molecule has 0 bridgehead atoms. The van der Waals surface area contributed by atoms with Gasteiger partial charge in [-0.2, -0.15) is 0 Å². The van der Waals surface area contributed by atoms with Gasteiger partial charge in [0.2, 0.25) is 0 Å². The monoisotopic (exact) mass is 341 g/mol. The molecule has 3 nitrogen and oxygen atoms in total. The number of ether oxygens (including phenoxy) is 1. The molecule has 0 amide bonds. The summed E-state index contributed by atoms with van der Waals surface area (Å²) in [5, 5.41) is 0. The number of pyridine rings is 1. The lowest BCUT2D eigenvalue weighted by molar-refractivity contribution is 0.104. The van der Waals surface area contributed by atoms with Gasteiger partial charge in [-0.1, -0.05) is 30.3 Å². The van der Waals surface area contributed by atoms with Crippen LogP contribution in [-0.4, -0.2) is 10.8 Å². The summed E-state index contributed by atoms with van der Waals surface area (Å²) < 4.78 is 5.79. The molecule has 1 aliphatic carbocycles. The minimum atomic E-state index is 0.140. The first-order valence-corrected chi connectivity index (χ1v) is 8.66. The Morgan fingerprint density at radius 2 is 1.81 bits per heavy atom. The number of hydrogen-bond acceptors (Lipinski definition) is 3. The van der Waals surface area contributed by atoms with Gasteiger partial charge < -0.3 is 4.74 Å². The van der Waals surface area contributed by atoms with E-state index in [4.69, 9.17) is 4.74 Å². The van der Waals surface area contributed by atoms with Crippen LogP contribution in [0.4, 0.5) is 0 Å². The average Bonchev–Trinajstić information content (AvgIpc) is 2.99. The van der Waals surface area contributed by atoms with Gasteiger partial charge in [-0.3, -0.25) is 9.78 Å². The molecule has 1 aromatic heterocycles. The van der Waals surface area contributed by atoms with E-state index in [0.29, 0.717) is 13.0 Å². The standard InChI is InChI=1S/C23H19NO2/c1-16-3-2-4-21-22(16)14-19(23(21)25)13-17-5-7-20(8-6-17)26-15-18-9-11-24-12-10-18/h2-13H,14-15H2,1H3/b19-13+. The SMILES string of the molecule is Cc1cccc2c1C/C(=C\c1ccc(OCc3ccncc3)cc1)C2=O. The molecule has 0 unspecified atom stereocenters. The summed E-state index contributed by atoms with van der Waals surface area (Å²) in [5.41, 5.74) is 6.11. The Labute approximate surface area is 153 Å². The Hall–Kier alpha value is -3.20. The van der Waals surface area contributed by atoms with Crippen LogP contribution in [0.2, 0.25) is 0 Å². The van der Waals surface area contributed by atoms with E-state index in [-0.39, 0.29) is 5.78 Å². The third-order valence-electron chi connectivity index (χ3n) is 4.69. The van der Waals surface area contributed by atoms with E-state index in [1.165, 1.54) is 5.56 Å². The van der Waals surface area contributed by atoms with Crippen molar-refractivity contribution in [3.8, 4) is 5.75 Å². The molecule has 0 radical (unpaired) electrons. The highest BCUT2D eigenvalue weighted by molar-refractivity contribution is 6.15. The Morgan fingerprint density at radius 3 is 2.54 bits per heavy atom. The largest absolute Gasteiger partial charge is 0.489 e. The van der Waals surface area contributed by atoms with Crippen LogP contribution in [0.1, 0.15) is 32.6 Å². The number of Topliss-reactive ketones (excluding diaryl/α,β-unsaturated/α-hetero) is 1. The zero-order valence-corrected chi connectivity index (χ0v) is 14.6. The fraction of sp³-hybridized carbons (Fsp3) is 0.130. The number of nitrogens with zero attached hydrogens (tertiary/aromatic N) is 1. The molecule has 0 fully saturated rings. The maximum Gasteiger partial charge on any atom is 0.189 e. The van der Waals surface area contributed by atoms with Crippen LogP contribution in [0.15, 0.2) is 72.6 Å². The molecule has 4 rings (SSSR count). The van der Waals surface area contributed by atoms with E-state index < -0.39 is 0 Å². The molecule has 2 aromatic carbocycles. The molecule has 1 heterocycles. The highest BCUT2D eigenvalue weighted by Gasteiger charge is 2.25. The quantitative estimate of drug-likeness (QED) is 0.640. The molecule has 128 valence electrons. The van der Waals surface area contributed by atoms with Gasteiger partial charge in [0.05, 0.1) is 0 Å². The second-order valence-electron chi connectivity index (χ2n) is 6.49. The Kier molecular flexibility index (Phi) is 4.36. The van der Waals surface area contributed by atoms with Crippen LogP contribution in [0, 0.1) is 6.92 Å². The summed E-state index contributed by atoms with van der Waals surface area (Å²) in [7, 11) is 0. The highest BCUT2D eigenvalue weighted by atomic mass is 16.5. The number of hydrogen-bond donors (Lipinski definition) is 0. The van der Waals surface area contributed by atoms with E-state index in [2.05, 4.69) is 18.0 Å². The topological polar surface area (TPSA) is 39.2 Å². The van der Waals surface area contributed by atoms with Gasteiger partial charge in [0.25, 0.3) is 0 Å². The Bertz CT molecular complexity index is 973. The predicted octanol–water partition coefficient (Wildman–Crippen LogP) is 4.79. The minimum absolute atomic E-state index is 0.140. The molecule has 1 aliphatic rings. The number of fused-ring (bicyclic) bond motifs is 1. The van der Waals surface area contributed by atoms with Crippen LogP contribution in [0.3, 0.4) is 0 Å². The van der Waals surface area contributed by atoms with E-state index in [1.807, 2.05) is 54.6 Å². The molecular formula is C23H19NO2. The molecule has 3 heteroatoms. The fourth-order valence-electron chi connectivity index (χ4n) is 3.22. The number of aryl methyl sites for hydroxylation is 1. The van der Waals surface area contributed by atoms with Crippen LogP contribution in [-0.2, 0) is 13.0 Å². The molecule has 0 spiro atoms. The van der Waals surface area contributed by atoms with Gasteiger partial charge >= 0.3 is 0 Å². The zero-order valence-electron chi connectivity index (χ0n) is 14.6. The fourth-order valence-corrected chi connectivity index (χ4v) is 3.22. The number of allylic oxidation sites excluding steroid dienone is 1. The van der Waals surface area contributed by atoms with Crippen molar-refractivity contribution >= 4 is 11.9 Å². The molecular weight excluding hydrogens is 322 g/mol. The molecule has 26 heavy (non-hydrogen) atoms. The van der Waals surface area contributed by atoms with Crippen molar-refractivity contribution in [2.75, 3.05) is 0 Å². The molecule has 0 saturated carbocycles. The van der Waals surface area contributed by atoms with Crippen LogP contribution >= 0.6 is 0 Å². The maximum absolute atomic E-state index is 12.6. The minimum Gasteiger partial charge on any atom is -0.489 e. The third-order valence-corrected chi connectivity index (χ3v) is 4.69. The normalized spacial score (nSPS) is 14.5. The van der Waals surface area contributed by atoms with Crippen LogP contribution < -0.4 is 4.74 Å². The Balaban J connectivity index is 1.47. The second kappa shape index (κ2) is 6.96. The van der Waals surface area contributed by atoms with Crippen molar-refractivity contribution in [3.63, 3.8) is 0 Å². The van der Waals surface area contributed by atoms with Gasteiger partial charge in [0.15, 0.2) is 5.78 Å². The number of rotatable bonds is 4. The molecule has 0 N–H and O–H groups in total. The van der Waals surface area contributed by atoms with E-state index in [9.17, 15) is 4.79 Å². The van der Waals surface area contributed by atoms with Crippen molar-refractivity contribution in [3.05, 3.63) is 100 Å². The number of benzene rings is 2. The van der Waals surface area contributed by atoms with Crippen LogP contribution in [0.25, 0.3) is 6.08 Å². The van der Waals surface area contributed by atoms with Gasteiger partial charge in [-0.25, -0.2) is 0 Å². The lowest BCUT2D eigenvalue weighted by atomic mass is 10.0. The molecule has 0 aliphatic heterocycles. The van der Waals surface area contributed by atoms with E-state index >= 15 is 0 Å². The molecule has 0 saturated heterocycles. The lowest BCUT2D eigenvalue weighted by Crippen LogP contribution is -1.96. The predicted molar refractivity (Wildman–Crippen MR) is 102 cm³/mol. The van der Waals surface area contributed by atoms with Gasteiger partial charge in [-0.05, 0) is 59.5 Å². The van der Waals surface area contributed by atoms with E-state index in [1.54, 1.807) is 12.4 Å². The number of carbonyl (C=O) groups excluding carboxylic acids is 1. The zero-order chi connectivity index (χ0) is 17.9. The van der Waals surface area contributed by atoms with Crippen molar-refractivity contribution in [2.24, 2.45) is 0 Å². The third kappa shape index (κ3) is 3.29. The first-order chi connectivity index (χ1) is 12.7. The summed E-state index contributed by atoms with van der Waals surface area (Å²) >= 11 is 0. The summed E-state index contributed by atoms with van der Waals surface area (Å²) in [4.78, 5) is 16.6.